The quantitative estimate of drug-likeness (QED) is 0.513. The Morgan fingerprint density at radius 2 is 1.81 bits per heavy atom. The number of Topliss-reactive ketones (excluding diaryl/α,β-unsaturated/α-hetero) is 1. The van der Waals surface area contributed by atoms with Crippen LogP contribution in [0.3, 0.4) is 0 Å². The summed E-state index contributed by atoms with van der Waals surface area (Å²) in [6, 6.07) is 7.89. The predicted molar refractivity (Wildman–Crippen MR) is 112 cm³/mol. The number of nitrogens with zero attached hydrogens (tertiary/aromatic N) is 1. The van der Waals surface area contributed by atoms with Crippen molar-refractivity contribution in [2.45, 2.75) is 38.8 Å². The largest absolute Gasteiger partial charge is 0.473 e. The highest BCUT2D eigenvalue weighted by Gasteiger charge is 2.40. The van der Waals surface area contributed by atoms with Gasteiger partial charge in [-0.3, -0.25) is 14.5 Å². The summed E-state index contributed by atoms with van der Waals surface area (Å²) in [6.07, 6.45) is 2.57. The first kappa shape index (κ1) is 23.6. The van der Waals surface area contributed by atoms with Crippen LogP contribution in [0.1, 0.15) is 41.8 Å². The maximum Gasteiger partial charge on any atom is 0.414 e. The van der Waals surface area contributed by atoms with Crippen LogP contribution >= 0.6 is 11.3 Å². The number of ketones is 1. The number of thiophene rings is 1. The predicted octanol–water partition coefficient (Wildman–Crippen LogP) is 3.05. The number of esters is 1. The number of aliphatic carboxylic acids is 2. The minimum absolute atomic E-state index is 0.0556. The summed E-state index contributed by atoms with van der Waals surface area (Å²) in [5.41, 5.74) is 1.52. The topological polar surface area (TPSA) is 121 Å². The van der Waals surface area contributed by atoms with Gasteiger partial charge in [0.2, 0.25) is 0 Å². The van der Waals surface area contributed by atoms with Gasteiger partial charge in [0.1, 0.15) is 5.82 Å². The molecule has 0 bridgehead atoms. The molecule has 2 N–H and O–H groups in total. The number of carbonyl (C=O) groups excluding carboxylic acids is 2. The number of ether oxygens (including phenoxy) is 1. The minimum Gasteiger partial charge on any atom is -0.473 e. The molecule has 1 unspecified atom stereocenters. The zero-order chi connectivity index (χ0) is 23.4. The van der Waals surface area contributed by atoms with E-state index in [4.69, 9.17) is 24.5 Å². The molecule has 1 aromatic heterocycles. The summed E-state index contributed by atoms with van der Waals surface area (Å²) in [6.45, 7) is 2.63. The molecule has 0 radical (unpaired) electrons. The molecular formula is C22H22FNO7S. The van der Waals surface area contributed by atoms with Crippen LogP contribution in [-0.4, -0.2) is 45.3 Å². The van der Waals surface area contributed by atoms with Crippen molar-refractivity contribution in [2.24, 2.45) is 5.92 Å². The van der Waals surface area contributed by atoms with Crippen molar-refractivity contribution in [3.05, 3.63) is 52.2 Å². The lowest BCUT2D eigenvalue weighted by Gasteiger charge is -2.34. The molecule has 10 heteroatoms. The average Bonchev–Trinajstić information content (AvgIpc) is 3.50. The van der Waals surface area contributed by atoms with Crippen LogP contribution in [0.2, 0.25) is 0 Å². The fourth-order valence-electron chi connectivity index (χ4n) is 3.56. The van der Waals surface area contributed by atoms with E-state index in [0.717, 1.165) is 24.8 Å². The van der Waals surface area contributed by atoms with Crippen molar-refractivity contribution in [3.8, 4) is 5.06 Å². The van der Waals surface area contributed by atoms with E-state index in [9.17, 15) is 14.0 Å². The first-order valence-electron chi connectivity index (χ1n) is 9.95. The number of halogens is 1. The van der Waals surface area contributed by atoms with Crippen molar-refractivity contribution in [3.63, 3.8) is 0 Å². The standard InChI is InChI=1S/C20H20FNO3S.C2H2O4/c1-12(23)25-18-10-14-11-22(9-8-17(14)26-18)19(20(24)13-6-7-13)15-4-2-3-5-16(15)21;3-1(4)2(5)6/h2-5,10,13,19H,6-9,11H2,1H3;(H,3,4)(H,5,6). The Hall–Kier alpha value is -3.11. The van der Waals surface area contributed by atoms with Gasteiger partial charge in [-0.25, -0.2) is 14.0 Å². The molecule has 0 spiro atoms. The Labute approximate surface area is 187 Å². The van der Waals surface area contributed by atoms with Crippen LogP contribution in [0.5, 0.6) is 5.06 Å². The molecule has 2 heterocycles. The van der Waals surface area contributed by atoms with Crippen LogP contribution in [0.4, 0.5) is 4.39 Å². The monoisotopic (exact) mass is 463 g/mol. The van der Waals surface area contributed by atoms with Crippen molar-refractivity contribution in [2.75, 3.05) is 6.54 Å². The summed E-state index contributed by atoms with van der Waals surface area (Å²) in [7, 11) is 0. The Balaban J connectivity index is 0.000000427. The first-order valence-corrected chi connectivity index (χ1v) is 10.8. The number of hydrogen-bond acceptors (Lipinski definition) is 7. The molecule has 1 fully saturated rings. The van der Waals surface area contributed by atoms with Crippen LogP contribution in [0, 0.1) is 11.7 Å². The lowest BCUT2D eigenvalue weighted by Crippen LogP contribution is -2.38. The van der Waals surface area contributed by atoms with Gasteiger partial charge in [0.25, 0.3) is 0 Å². The summed E-state index contributed by atoms with van der Waals surface area (Å²) in [4.78, 5) is 45.6. The van der Waals surface area contributed by atoms with Gasteiger partial charge in [0.15, 0.2) is 10.8 Å². The average molecular weight is 463 g/mol. The molecule has 1 saturated carbocycles. The maximum atomic E-state index is 14.4. The normalized spacial score (nSPS) is 16.2. The van der Waals surface area contributed by atoms with E-state index >= 15 is 0 Å². The van der Waals surface area contributed by atoms with Gasteiger partial charge in [-0.05, 0) is 37.0 Å². The third-order valence-corrected chi connectivity index (χ3v) is 6.23. The van der Waals surface area contributed by atoms with E-state index in [1.807, 2.05) is 6.07 Å². The zero-order valence-corrected chi connectivity index (χ0v) is 18.1. The number of carboxylic acid groups (broad SMARTS) is 2. The summed E-state index contributed by atoms with van der Waals surface area (Å²) >= 11 is 1.47. The molecule has 2 aliphatic rings. The van der Waals surface area contributed by atoms with Gasteiger partial charge in [-0.2, -0.15) is 0 Å². The van der Waals surface area contributed by atoms with Crippen LogP contribution in [0.15, 0.2) is 30.3 Å². The molecule has 1 aliphatic heterocycles. The molecule has 32 heavy (non-hydrogen) atoms. The zero-order valence-electron chi connectivity index (χ0n) is 17.2. The highest BCUT2D eigenvalue weighted by molar-refractivity contribution is 7.14. The van der Waals surface area contributed by atoms with Crippen molar-refractivity contribution < 1.29 is 38.5 Å². The Morgan fingerprint density at radius 3 is 2.38 bits per heavy atom. The number of rotatable bonds is 5. The molecule has 1 aliphatic carbocycles. The Morgan fingerprint density at radius 1 is 1.16 bits per heavy atom. The first-order chi connectivity index (χ1) is 15.2. The van der Waals surface area contributed by atoms with Crippen LogP contribution < -0.4 is 4.74 Å². The fraction of sp³-hybridized carbons (Fsp3) is 0.364. The lowest BCUT2D eigenvalue weighted by molar-refractivity contribution is -0.159. The SMILES string of the molecule is CC(=O)Oc1cc2c(s1)CCN(C(C(=O)C1CC1)c1ccccc1F)C2.O=C(O)C(=O)O. The number of benzene rings is 1. The second kappa shape index (κ2) is 10.0. The number of hydrogen-bond donors (Lipinski definition) is 2. The van der Waals surface area contributed by atoms with E-state index in [1.54, 1.807) is 18.2 Å². The lowest BCUT2D eigenvalue weighted by atomic mass is 9.95. The molecule has 170 valence electrons. The Bertz CT molecular complexity index is 1030. The van der Waals surface area contributed by atoms with E-state index in [1.165, 1.54) is 29.2 Å². The highest BCUT2D eigenvalue weighted by atomic mass is 32.1. The third kappa shape index (κ3) is 5.77. The van der Waals surface area contributed by atoms with Gasteiger partial charge in [-0.1, -0.05) is 18.2 Å². The summed E-state index contributed by atoms with van der Waals surface area (Å²) in [5, 5.41) is 15.4. The molecule has 1 aromatic carbocycles. The second-order valence-corrected chi connectivity index (χ2v) is 8.64. The molecular weight excluding hydrogens is 441 g/mol. The molecule has 4 rings (SSSR count). The number of fused-ring (bicyclic) bond motifs is 1. The van der Waals surface area contributed by atoms with Gasteiger partial charge < -0.3 is 14.9 Å². The Kier molecular flexibility index (Phi) is 7.37. The third-order valence-electron chi connectivity index (χ3n) is 5.11. The molecule has 8 nitrogen and oxygen atoms in total. The van der Waals surface area contributed by atoms with Crippen LogP contribution in [0.25, 0.3) is 0 Å². The van der Waals surface area contributed by atoms with Gasteiger partial charge in [-0.15, -0.1) is 11.3 Å². The van der Waals surface area contributed by atoms with E-state index < -0.39 is 18.0 Å². The van der Waals surface area contributed by atoms with E-state index in [2.05, 4.69) is 4.90 Å². The van der Waals surface area contributed by atoms with Gasteiger partial charge in [0, 0.05) is 36.4 Å². The van der Waals surface area contributed by atoms with E-state index in [-0.39, 0.29) is 23.5 Å². The second-order valence-electron chi connectivity index (χ2n) is 7.54. The minimum atomic E-state index is -1.82. The maximum absolute atomic E-state index is 14.4. The summed E-state index contributed by atoms with van der Waals surface area (Å²) in [5.74, 6) is -4.14. The highest BCUT2D eigenvalue weighted by Crippen LogP contribution is 2.41. The van der Waals surface area contributed by atoms with Crippen LogP contribution in [-0.2, 0) is 32.1 Å². The molecule has 2 aromatic rings. The van der Waals surface area contributed by atoms with E-state index in [0.29, 0.717) is 23.7 Å². The van der Waals surface area contributed by atoms with Crippen molar-refractivity contribution >= 4 is 35.0 Å². The van der Waals surface area contributed by atoms with Gasteiger partial charge >= 0.3 is 17.9 Å². The number of carbonyl (C=O) groups is 4. The number of carboxylic acids is 2. The van der Waals surface area contributed by atoms with Gasteiger partial charge in [0.05, 0.1) is 6.04 Å². The molecule has 1 atom stereocenters. The smallest absolute Gasteiger partial charge is 0.414 e. The van der Waals surface area contributed by atoms with Crippen molar-refractivity contribution in [1.29, 1.82) is 0 Å². The molecule has 0 saturated heterocycles. The fourth-order valence-corrected chi connectivity index (χ4v) is 4.61. The summed E-state index contributed by atoms with van der Waals surface area (Å²) < 4.78 is 19.6. The van der Waals surface area contributed by atoms with Crippen molar-refractivity contribution in [1.82, 2.24) is 4.90 Å². The molecule has 0 amide bonds.